The molecule has 0 aliphatic carbocycles. The van der Waals surface area contributed by atoms with Crippen molar-refractivity contribution < 1.29 is 14.0 Å². The molecule has 0 unspecified atom stereocenters. The van der Waals surface area contributed by atoms with E-state index in [1.54, 1.807) is 48.7 Å². The van der Waals surface area contributed by atoms with Gasteiger partial charge in [0.15, 0.2) is 0 Å². The molecule has 5 nitrogen and oxygen atoms in total. The molecule has 1 heterocycles. The van der Waals surface area contributed by atoms with Gasteiger partial charge in [-0.15, -0.1) is 0 Å². The van der Waals surface area contributed by atoms with Gasteiger partial charge in [-0.25, -0.2) is 0 Å². The largest absolute Gasteiger partial charge is 0.467 e. The van der Waals surface area contributed by atoms with Crippen molar-refractivity contribution in [2.75, 3.05) is 5.32 Å². The van der Waals surface area contributed by atoms with E-state index >= 15 is 0 Å². The maximum atomic E-state index is 12.2. The first-order valence-electron chi connectivity index (χ1n) is 7.90. The minimum atomic E-state index is -0.201. The van der Waals surface area contributed by atoms with Crippen molar-refractivity contribution in [1.29, 1.82) is 0 Å². The van der Waals surface area contributed by atoms with Crippen LogP contribution in [0.4, 0.5) is 5.69 Å². The second-order valence-corrected chi connectivity index (χ2v) is 5.66. The topological polar surface area (TPSA) is 71.3 Å². The number of benzene rings is 2. The number of amides is 2. The summed E-state index contributed by atoms with van der Waals surface area (Å²) in [6.45, 7) is 2.27. The molecule has 3 rings (SSSR count). The summed E-state index contributed by atoms with van der Waals surface area (Å²) < 4.78 is 5.17. The van der Waals surface area contributed by atoms with Crippen LogP contribution < -0.4 is 10.6 Å². The molecule has 0 spiro atoms. The maximum absolute atomic E-state index is 12.2. The molecule has 2 aromatic carbocycles. The fourth-order valence-electron chi connectivity index (χ4n) is 2.38. The molecule has 0 fully saturated rings. The van der Waals surface area contributed by atoms with E-state index in [0.29, 0.717) is 29.1 Å². The number of anilines is 1. The van der Waals surface area contributed by atoms with Gasteiger partial charge in [-0.05, 0) is 55.5 Å². The Bertz CT molecular complexity index is 868. The highest BCUT2D eigenvalue weighted by molar-refractivity contribution is 6.04. The minimum absolute atomic E-state index is 0.182. The summed E-state index contributed by atoms with van der Waals surface area (Å²) in [7, 11) is 0. The van der Waals surface area contributed by atoms with Crippen molar-refractivity contribution in [3.05, 3.63) is 89.4 Å². The smallest absolute Gasteiger partial charge is 0.255 e. The summed E-state index contributed by atoms with van der Waals surface area (Å²) in [5, 5.41) is 5.59. The lowest BCUT2D eigenvalue weighted by Crippen LogP contribution is -2.22. The van der Waals surface area contributed by atoms with Gasteiger partial charge in [0.1, 0.15) is 5.76 Å². The number of rotatable bonds is 5. The summed E-state index contributed by atoms with van der Waals surface area (Å²) >= 11 is 0. The second kappa shape index (κ2) is 7.49. The van der Waals surface area contributed by atoms with E-state index in [0.717, 1.165) is 5.56 Å². The highest BCUT2D eigenvalue weighted by atomic mass is 16.3. The second-order valence-electron chi connectivity index (χ2n) is 5.66. The monoisotopic (exact) mass is 334 g/mol. The molecule has 0 saturated heterocycles. The minimum Gasteiger partial charge on any atom is -0.467 e. The van der Waals surface area contributed by atoms with Crippen LogP contribution >= 0.6 is 0 Å². The van der Waals surface area contributed by atoms with Gasteiger partial charge in [0.25, 0.3) is 11.8 Å². The fourth-order valence-corrected chi connectivity index (χ4v) is 2.38. The summed E-state index contributed by atoms with van der Waals surface area (Å²) in [4.78, 5) is 24.3. The van der Waals surface area contributed by atoms with E-state index in [1.165, 1.54) is 0 Å². The van der Waals surface area contributed by atoms with Crippen LogP contribution in [0, 0.1) is 6.92 Å². The third-order valence-corrected chi connectivity index (χ3v) is 3.69. The molecule has 1 aromatic heterocycles. The molecule has 0 radical (unpaired) electrons. The van der Waals surface area contributed by atoms with Gasteiger partial charge < -0.3 is 15.1 Å². The Hall–Kier alpha value is -3.34. The van der Waals surface area contributed by atoms with Gasteiger partial charge in [0.2, 0.25) is 0 Å². The van der Waals surface area contributed by atoms with Crippen molar-refractivity contribution in [1.82, 2.24) is 5.32 Å². The van der Waals surface area contributed by atoms with Gasteiger partial charge in [-0.3, -0.25) is 9.59 Å². The number of aryl methyl sites for hydroxylation is 1. The Morgan fingerprint density at radius 2 is 1.72 bits per heavy atom. The Morgan fingerprint density at radius 3 is 2.40 bits per heavy atom. The standard InChI is InChI=1S/C20H18N2O3/c1-14-4-2-5-16(12-14)20(24)22-17-9-7-15(8-10-17)19(23)21-13-18-6-3-11-25-18/h2-12H,13H2,1H3,(H,21,23)(H,22,24). The molecule has 2 amide bonds. The van der Waals surface area contributed by atoms with Crippen molar-refractivity contribution in [3.8, 4) is 0 Å². The van der Waals surface area contributed by atoms with E-state index in [2.05, 4.69) is 10.6 Å². The number of furan rings is 1. The first-order valence-corrected chi connectivity index (χ1v) is 7.90. The third kappa shape index (κ3) is 4.35. The number of hydrogen-bond acceptors (Lipinski definition) is 3. The average molecular weight is 334 g/mol. The molecule has 0 atom stereocenters. The van der Waals surface area contributed by atoms with Gasteiger partial charge in [0, 0.05) is 16.8 Å². The van der Waals surface area contributed by atoms with Crippen LogP contribution in [0.15, 0.2) is 71.3 Å². The molecule has 0 bridgehead atoms. The molecule has 126 valence electrons. The molecule has 0 aliphatic heterocycles. The van der Waals surface area contributed by atoms with Gasteiger partial charge in [-0.1, -0.05) is 17.7 Å². The average Bonchev–Trinajstić information content (AvgIpc) is 3.14. The van der Waals surface area contributed by atoms with Gasteiger partial charge in [-0.2, -0.15) is 0 Å². The quantitative estimate of drug-likeness (QED) is 0.746. The Balaban J connectivity index is 1.60. The Morgan fingerprint density at radius 1 is 0.920 bits per heavy atom. The van der Waals surface area contributed by atoms with Crippen molar-refractivity contribution in [2.45, 2.75) is 13.5 Å². The lowest BCUT2D eigenvalue weighted by molar-refractivity contribution is 0.0947. The normalized spacial score (nSPS) is 10.3. The Labute approximate surface area is 145 Å². The molecule has 2 N–H and O–H groups in total. The van der Waals surface area contributed by atoms with Crippen LogP contribution in [0.25, 0.3) is 0 Å². The van der Waals surface area contributed by atoms with Crippen LogP contribution in [0.2, 0.25) is 0 Å². The molecular weight excluding hydrogens is 316 g/mol. The van der Waals surface area contributed by atoms with Crippen molar-refractivity contribution in [3.63, 3.8) is 0 Å². The lowest BCUT2D eigenvalue weighted by Gasteiger charge is -2.07. The van der Waals surface area contributed by atoms with E-state index < -0.39 is 0 Å². The zero-order chi connectivity index (χ0) is 17.6. The van der Waals surface area contributed by atoms with Gasteiger partial charge >= 0.3 is 0 Å². The molecule has 25 heavy (non-hydrogen) atoms. The van der Waals surface area contributed by atoms with E-state index in [4.69, 9.17) is 4.42 Å². The first kappa shape index (κ1) is 16.5. The summed E-state index contributed by atoms with van der Waals surface area (Å²) in [5.41, 5.74) is 2.77. The predicted molar refractivity (Wildman–Crippen MR) is 95.5 cm³/mol. The number of nitrogens with one attached hydrogen (secondary N) is 2. The summed E-state index contributed by atoms with van der Waals surface area (Å²) in [5.74, 6) is 0.307. The lowest BCUT2D eigenvalue weighted by atomic mass is 10.1. The predicted octanol–water partition coefficient (Wildman–Crippen LogP) is 3.77. The maximum Gasteiger partial charge on any atom is 0.255 e. The first-order chi connectivity index (χ1) is 12.1. The molecule has 0 saturated carbocycles. The third-order valence-electron chi connectivity index (χ3n) is 3.69. The SMILES string of the molecule is Cc1cccc(C(=O)Nc2ccc(C(=O)NCc3ccco3)cc2)c1. The summed E-state index contributed by atoms with van der Waals surface area (Å²) in [6, 6.07) is 17.7. The molecule has 0 aliphatic rings. The molecular formula is C20H18N2O3. The number of carbonyl (C=O) groups is 2. The number of hydrogen-bond donors (Lipinski definition) is 2. The fraction of sp³-hybridized carbons (Fsp3) is 0.100. The van der Waals surface area contributed by atoms with Crippen LogP contribution in [0.1, 0.15) is 32.0 Å². The van der Waals surface area contributed by atoms with Crippen molar-refractivity contribution in [2.24, 2.45) is 0 Å². The highest BCUT2D eigenvalue weighted by Crippen LogP contribution is 2.12. The van der Waals surface area contributed by atoms with E-state index in [-0.39, 0.29) is 11.8 Å². The van der Waals surface area contributed by atoms with Crippen LogP contribution in [0.3, 0.4) is 0 Å². The van der Waals surface area contributed by atoms with Crippen molar-refractivity contribution >= 4 is 17.5 Å². The van der Waals surface area contributed by atoms with E-state index in [1.807, 2.05) is 25.1 Å². The van der Waals surface area contributed by atoms with Gasteiger partial charge in [0.05, 0.1) is 12.8 Å². The van der Waals surface area contributed by atoms with Crippen LogP contribution in [-0.4, -0.2) is 11.8 Å². The molecule has 5 heteroatoms. The zero-order valence-electron chi connectivity index (χ0n) is 13.8. The number of carbonyl (C=O) groups excluding carboxylic acids is 2. The highest BCUT2D eigenvalue weighted by Gasteiger charge is 2.09. The summed E-state index contributed by atoms with van der Waals surface area (Å²) in [6.07, 6.45) is 1.56. The van der Waals surface area contributed by atoms with Crippen LogP contribution in [-0.2, 0) is 6.54 Å². The molecule has 3 aromatic rings. The Kier molecular flexibility index (Phi) is 4.95. The van der Waals surface area contributed by atoms with Crippen LogP contribution in [0.5, 0.6) is 0 Å². The zero-order valence-corrected chi connectivity index (χ0v) is 13.8. The van der Waals surface area contributed by atoms with E-state index in [9.17, 15) is 9.59 Å².